The molecule has 4 aromatic rings. The number of carbonyl (C=O) groups excluding carboxylic acids is 3. The second-order valence-electron chi connectivity index (χ2n) is 12.8. The molecule has 1 fully saturated rings. The predicted octanol–water partition coefficient (Wildman–Crippen LogP) is 4.69. The third-order valence-corrected chi connectivity index (χ3v) is 8.64. The molecule has 2 heterocycles. The van der Waals surface area contributed by atoms with E-state index < -0.39 is 30.2 Å². The van der Waals surface area contributed by atoms with Crippen LogP contribution in [0.4, 0.5) is 15.3 Å². The molecule has 3 aromatic carbocycles. The van der Waals surface area contributed by atoms with Gasteiger partial charge in [-0.1, -0.05) is 38.1 Å². The van der Waals surface area contributed by atoms with Crippen LogP contribution in [0.25, 0.3) is 17.1 Å². The lowest BCUT2D eigenvalue weighted by molar-refractivity contribution is -0.145. The van der Waals surface area contributed by atoms with Gasteiger partial charge in [0, 0.05) is 56.7 Å². The second kappa shape index (κ2) is 16.9. The van der Waals surface area contributed by atoms with E-state index in [4.69, 9.17) is 14.6 Å². The van der Waals surface area contributed by atoms with Crippen LogP contribution >= 0.6 is 0 Å². The van der Waals surface area contributed by atoms with E-state index in [1.54, 1.807) is 46.7 Å². The fourth-order valence-electron chi connectivity index (χ4n) is 5.70. The molecule has 280 valence electrons. The third-order valence-electron chi connectivity index (χ3n) is 8.64. The van der Waals surface area contributed by atoms with Crippen molar-refractivity contribution in [1.82, 2.24) is 29.9 Å². The fraction of sp³-hybridized carbons (Fsp3) is 0.351. The number of anilines is 1. The number of ether oxygens (including phenoxy) is 2. The van der Waals surface area contributed by atoms with Gasteiger partial charge < -0.3 is 35.0 Å². The number of carboxylic acid groups (broad SMARTS) is 1. The fourth-order valence-corrected chi connectivity index (χ4v) is 5.70. The van der Waals surface area contributed by atoms with Crippen LogP contribution < -0.4 is 10.6 Å². The summed E-state index contributed by atoms with van der Waals surface area (Å²) in [6.45, 7) is 10.2. The maximum Gasteiger partial charge on any atom is 0.412 e. The highest BCUT2D eigenvalue weighted by Gasteiger charge is 2.26. The van der Waals surface area contributed by atoms with Crippen LogP contribution in [-0.4, -0.2) is 103 Å². The summed E-state index contributed by atoms with van der Waals surface area (Å²) in [5.74, 6) is -1.63. The second-order valence-corrected chi connectivity index (χ2v) is 12.8. The Bertz CT molecular complexity index is 1940. The molecule has 5 N–H and O–H groups in total. The molecular formula is C37H43N7O9. The van der Waals surface area contributed by atoms with Crippen molar-refractivity contribution in [1.29, 1.82) is 0 Å². The Kier molecular flexibility index (Phi) is 12.1. The first-order valence-corrected chi connectivity index (χ1v) is 17.2. The van der Waals surface area contributed by atoms with Gasteiger partial charge in [0.05, 0.1) is 5.56 Å². The molecule has 1 saturated heterocycles. The van der Waals surface area contributed by atoms with Crippen LogP contribution in [0, 0.1) is 0 Å². The van der Waals surface area contributed by atoms with Crippen molar-refractivity contribution in [3.8, 4) is 28.6 Å². The van der Waals surface area contributed by atoms with E-state index in [-0.39, 0.29) is 35.7 Å². The summed E-state index contributed by atoms with van der Waals surface area (Å²) in [6, 6.07) is 17.1. The van der Waals surface area contributed by atoms with Gasteiger partial charge in [0.25, 0.3) is 5.91 Å². The molecule has 5 rings (SSSR count). The van der Waals surface area contributed by atoms with Gasteiger partial charge in [-0.25, -0.2) is 14.4 Å². The summed E-state index contributed by atoms with van der Waals surface area (Å²) in [5, 5.41) is 43.7. The van der Waals surface area contributed by atoms with Gasteiger partial charge in [-0.2, -0.15) is 0 Å². The molecule has 0 aliphatic carbocycles. The van der Waals surface area contributed by atoms with E-state index in [0.29, 0.717) is 67.3 Å². The van der Waals surface area contributed by atoms with Gasteiger partial charge in [-0.15, -0.1) is 10.2 Å². The highest BCUT2D eigenvalue weighted by molar-refractivity contribution is 5.92. The number of aromatic hydroxyl groups is 2. The van der Waals surface area contributed by atoms with Crippen LogP contribution in [0.5, 0.6) is 11.5 Å². The largest absolute Gasteiger partial charge is 0.508 e. The molecule has 0 bridgehead atoms. The molecule has 16 nitrogen and oxygen atoms in total. The monoisotopic (exact) mass is 729 g/mol. The SMILES string of the molecule is CCNC(=O)c1nnc(-c2cc(C(C)C)c(O)cc2O)n1-c1ccc(CN2CCN(C(=O)OCc3ccc(NC(=O)O[C@@H](C)C(=O)O)cc3)CC2)cc1. The minimum Gasteiger partial charge on any atom is -0.508 e. The van der Waals surface area contributed by atoms with E-state index in [0.717, 1.165) is 5.56 Å². The number of piperazine rings is 1. The molecule has 0 spiro atoms. The number of phenols is 2. The average molecular weight is 730 g/mol. The first-order valence-electron chi connectivity index (χ1n) is 17.2. The van der Waals surface area contributed by atoms with E-state index in [1.807, 2.05) is 38.1 Å². The molecular weight excluding hydrogens is 686 g/mol. The summed E-state index contributed by atoms with van der Waals surface area (Å²) in [4.78, 5) is 52.3. The topological polar surface area (TPSA) is 209 Å². The van der Waals surface area contributed by atoms with E-state index in [9.17, 15) is 29.4 Å². The summed E-state index contributed by atoms with van der Waals surface area (Å²) < 4.78 is 11.8. The molecule has 1 aromatic heterocycles. The van der Waals surface area contributed by atoms with Crippen LogP contribution in [0.2, 0.25) is 0 Å². The number of benzene rings is 3. The lowest BCUT2D eigenvalue weighted by Gasteiger charge is -2.34. The van der Waals surface area contributed by atoms with Gasteiger partial charge in [0.2, 0.25) is 5.82 Å². The maximum absolute atomic E-state index is 13.0. The van der Waals surface area contributed by atoms with Gasteiger partial charge in [-0.05, 0) is 66.8 Å². The van der Waals surface area contributed by atoms with Crippen molar-refractivity contribution < 1.29 is 44.0 Å². The lowest BCUT2D eigenvalue weighted by atomic mass is 9.98. The first kappa shape index (κ1) is 38.1. The number of phenolic OH excluding ortho intramolecular Hbond substituents is 2. The quantitative estimate of drug-likeness (QED) is 0.135. The van der Waals surface area contributed by atoms with Crippen molar-refractivity contribution in [3.63, 3.8) is 0 Å². The Balaban J connectivity index is 1.17. The molecule has 1 aliphatic rings. The third kappa shape index (κ3) is 9.39. The number of amides is 3. The number of nitrogens with one attached hydrogen (secondary N) is 2. The summed E-state index contributed by atoms with van der Waals surface area (Å²) in [6.07, 6.45) is -2.61. The molecule has 53 heavy (non-hydrogen) atoms. The Labute approximate surface area is 306 Å². The number of carbonyl (C=O) groups is 4. The van der Waals surface area contributed by atoms with Crippen molar-refractivity contribution >= 4 is 29.8 Å². The number of hydrogen-bond donors (Lipinski definition) is 5. The van der Waals surface area contributed by atoms with Crippen molar-refractivity contribution in [2.45, 2.75) is 52.9 Å². The Morgan fingerprint density at radius 3 is 2.15 bits per heavy atom. The minimum absolute atomic E-state index is 0.0334. The zero-order chi connectivity index (χ0) is 38.2. The van der Waals surface area contributed by atoms with Crippen LogP contribution in [0.3, 0.4) is 0 Å². The Morgan fingerprint density at radius 1 is 0.868 bits per heavy atom. The van der Waals surface area contributed by atoms with E-state index >= 15 is 0 Å². The first-order chi connectivity index (χ1) is 25.3. The van der Waals surface area contributed by atoms with Gasteiger partial charge in [0.15, 0.2) is 11.9 Å². The van der Waals surface area contributed by atoms with Crippen molar-refractivity contribution in [2.24, 2.45) is 0 Å². The highest BCUT2D eigenvalue weighted by atomic mass is 16.6. The highest BCUT2D eigenvalue weighted by Crippen LogP contribution is 2.38. The number of hydrogen-bond acceptors (Lipinski definition) is 11. The van der Waals surface area contributed by atoms with Crippen LogP contribution in [0.15, 0.2) is 60.7 Å². The van der Waals surface area contributed by atoms with E-state index in [1.165, 1.54) is 13.0 Å². The molecule has 0 saturated carbocycles. The standard InChI is InChI=1S/C37H43N7O9/c1-5-38-34(47)33-41-40-32(29-18-28(22(2)3)30(45)19-31(29)46)44(33)27-12-8-24(9-13-27)20-42-14-16-43(17-15-42)37(51)52-21-25-6-10-26(11-7-25)39-36(50)53-23(4)35(48)49/h6-13,18-19,22-23,45-46H,5,14-17,20-21H2,1-4H3,(H,38,47)(H,39,50)(H,48,49)/t23-/m0/s1. The molecule has 16 heteroatoms. The Morgan fingerprint density at radius 2 is 1.53 bits per heavy atom. The number of carboxylic acids is 1. The number of rotatable bonds is 12. The lowest BCUT2D eigenvalue weighted by Crippen LogP contribution is -2.48. The van der Waals surface area contributed by atoms with Gasteiger partial charge in [-0.3, -0.25) is 19.6 Å². The van der Waals surface area contributed by atoms with Crippen molar-refractivity contribution in [2.75, 3.05) is 38.0 Å². The Hall–Kier alpha value is -6.16. The maximum atomic E-state index is 13.0. The molecule has 3 amide bonds. The average Bonchev–Trinajstić information content (AvgIpc) is 3.57. The molecule has 0 radical (unpaired) electrons. The number of nitrogens with zero attached hydrogens (tertiary/aromatic N) is 5. The van der Waals surface area contributed by atoms with Crippen LogP contribution in [-0.2, 0) is 27.4 Å². The van der Waals surface area contributed by atoms with Crippen molar-refractivity contribution in [3.05, 3.63) is 83.2 Å². The number of aliphatic carboxylic acids is 1. The minimum atomic E-state index is -1.28. The van der Waals surface area contributed by atoms with Crippen LogP contribution in [0.1, 0.15) is 60.9 Å². The zero-order valence-electron chi connectivity index (χ0n) is 29.9. The normalized spacial score (nSPS) is 13.7. The van der Waals surface area contributed by atoms with Gasteiger partial charge >= 0.3 is 18.2 Å². The molecule has 1 aliphatic heterocycles. The summed E-state index contributed by atoms with van der Waals surface area (Å²) in [7, 11) is 0. The molecule has 1 atom stereocenters. The summed E-state index contributed by atoms with van der Waals surface area (Å²) >= 11 is 0. The summed E-state index contributed by atoms with van der Waals surface area (Å²) in [5.41, 5.74) is 3.67. The predicted molar refractivity (Wildman–Crippen MR) is 193 cm³/mol. The molecule has 0 unspecified atom stereocenters. The number of aromatic nitrogens is 3. The smallest absolute Gasteiger partial charge is 0.412 e. The van der Waals surface area contributed by atoms with E-state index in [2.05, 4.69) is 25.7 Å². The zero-order valence-corrected chi connectivity index (χ0v) is 29.9. The van der Waals surface area contributed by atoms with Gasteiger partial charge in [0.1, 0.15) is 18.1 Å².